The number of rotatable bonds is 3. The summed E-state index contributed by atoms with van der Waals surface area (Å²) >= 11 is 0. The molecule has 2 spiro atoms. The first kappa shape index (κ1) is 16.4. The van der Waals surface area contributed by atoms with Crippen LogP contribution in [0.2, 0.25) is 0 Å². The largest absolute Gasteiger partial charge is 0.493 e. The molecule has 1 unspecified atom stereocenters. The van der Waals surface area contributed by atoms with Gasteiger partial charge in [-0.05, 0) is 44.5 Å². The van der Waals surface area contributed by atoms with E-state index in [-0.39, 0.29) is 29.5 Å². The fourth-order valence-electron chi connectivity index (χ4n) is 7.56. The summed E-state index contributed by atoms with van der Waals surface area (Å²) in [4.78, 5) is 2.53. The monoisotopic (exact) mass is 369 g/mol. The van der Waals surface area contributed by atoms with Gasteiger partial charge in [-0.25, -0.2) is 0 Å². The molecule has 1 aromatic carbocycles. The number of hydrogen-bond acceptors (Lipinski definition) is 5. The molecule has 5 heteroatoms. The van der Waals surface area contributed by atoms with Crippen molar-refractivity contribution in [3.05, 3.63) is 35.4 Å². The number of aliphatic hydroxyl groups is 1. The molecule has 0 amide bonds. The van der Waals surface area contributed by atoms with Gasteiger partial charge in [0.05, 0.1) is 12.5 Å². The molecule has 2 heterocycles. The number of nitrogens with zero attached hydrogens (tertiary/aromatic N) is 1. The number of benzene rings is 1. The van der Waals surface area contributed by atoms with Gasteiger partial charge in [0.25, 0.3) is 0 Å². The van der Waals surface area contributed by atoms with Gasteiger partial charge in [0.15, 0.2) is 11.5 Å². The van der Waals surface area contributed by atoms with Crippen molar-refractivity contribution in [3.63, 3.8) is 0 Å². The summed E-state index contributed by atoms with van der Waals surface area (Å²) in [5.41, 5.74) is 2.04. The second kappa shape index (κ2) is 4.88. The van der Waals surface area contributed by atoms with Gasteiger partial charge >= 0.3 is 0 Å². The summed E-state index contributed by atoms with van der Waals surface area (Å²) in [6.45, 7) is 1.17. The Morgan fingerprint density at radius 3 is 2.89 bits per heavy atom. The number of likely N-dealkylation sites (N-methyl/N-ethyl adjacent to an activating group) is 1. The predicted octanol–water partition coefficient (Wildman–Crippen LogP) is 1.91. The SMILES string of the molecule is COc1ccc2c3c1O[C@H]1[C@@]4(OC)C=C[C@@]5(C[C@@H]4CO)C(C2)N(C)CC[C@]315. The highest BCUT2D eigenvalue weighted by atomic mass is 16.6. The quantitative estimate of drug-likeness (QED) is 0.825. The minimum atomic E-state index is -0.588. The third-order valence-electron chi connectivity index (χ3n) is 8.63. The number of fused-ring (bicyclic) bond motifs is 1. The lowest BCUT2D eigenvalue weighted by molar-refractivity contribution is -0.219. The van der Waals surface area contributed by atoms with E-state index in [2.05, 4.69) is 30.2 Å². The number of methoxy groups -OCH3 is 2. The van der Waals surface area contributed by atoms with Crippen LogP contribution in [0.25, 0.3) is 0 Å². The smallest absolute Gasteiger partial charge is 0.166 e. The number of piperidine rings is 1. The number of ether oxygens (including phenoxy) is 3. The van der Waals surface area contributed by atoms with Crippen molar-refractivity contribution in [2.45, 2.75) is 42.4 Å². The zero-order chi connectivity index (χ0) is 18.6. The molecule has 2 fully saturated rings. The molecule has 1 N–H and O–H groups in total. The molecule has 1 saturated heterocycles. The van der Waals surface area contributed by atoms with E-state index in [0.29, 0.717) is 6.04 Å². The zero-order valence-electron chi connectivity index (χ0n) is 16.2. The fraction of sp³-hybridized carbons (Fsp3) is 0.636. The van der Waals surface area contributed by atoms with Crippen LogP contribution in [0.4, 0.5) is 0 Å². The Balaban J connectivity index is 1.71. The van der Waals surface area contributed by atoms with Gasteiger partial charge in [0, 0.05) is 36.7 Å². The van der Waals surface area contributed by atoms with Crippen LogP contribution in [-0.2, 0) is 16.6 Å². The maximum atomic E-state index is 10.3. The summed E-state index contributed by atoms with van der Waals surface area (Å²) in [7, 11) is 5.73. The Morgan fingerprint density at radius 2 is 2.15 bits per heavy atom. The Hall–Kier alpha value is -1.56. The number of aliphatic hydroxyl groups excluding tert-OH is 1. The Kier molecular flexibility index (Phi) is 2.97. The topological polar surface area (TPSA) is 51.2 Å². The molecule has 4 bridgehead atoms. The minimum absolute atomic E-state index is 0.0248. The molecule has 1 aromatic rings. The van der Waals surface area contributed by atoms with Gasteiger partial charge in [0.1, 0.15) is 11.7 Å². The van der Waals surface area contributed by atoms with Gasteiger partial charge < -0.3 is 24.2 Å². The van der Waals surface area contributed by atoms with Crippen LogP contribution in [0.1, 0.15) is 24.0 Å². The maximum absolute atomic E-state index is 10.3. The molecule has 1 saturated carbocycles. The first-order chi connectivity index (χ1) is 13.1. The molecule has 4 aliphatic carbocycles. The average Bonchev–Trinajstić information content (AvgIpc) is 3.07. The lowest BCUT2D eigenvalue weighted by atomic mass is 9.37. The Labute approximate surface area is 159 Å². The van der Waals surface area contributed by atoms with E-state index in [0.717, 1.165) is 37.3 Å². The van der Waals surface area contributed by atoms with Gasteiger partial charge in [-0.1, -0.05) is 18.2 Å². The first-order valence-electron chi connectivity index (χ1n) is 10.0. The van der Waals surface area contributed by atoms with Crippen LogP contribution in [0.3, 0.4) is 0 Å². The van der Waals surface area contributed by atoms with Crippen LogP contribution in [0.5, 0.6) is 11.5 Å². The van der Waals surface area contributed by atoms with E-state index >= 15 is 0 Å². The molecule has 27 heavy (non-hydrogen) atoms. The van der Waals surface area contributed by atoms with Crippen molar-refractivity contribution in [2.24, 2.45) is 11.3 Å². The number of likely N-dealkylation sites (tertiary alicyclic amines) is 1. The summed E-state index contributed by atoms with van der Waals surface area (Å²) < 4.78 is 18.6. The van der Waals surface area contributed by atoms with E-state index in [1.54, 1.807) is 14.2 Å². The van der Waals surface area contributed by atoms with Gasteiger partial charge in [-0.3, -0.25) is 0 Å². The average molecular weight is 369 g/mol. The van der Waals surface area contributed by atoms with Crippen molar-refractivity contribution in [1.29, 1.82) is 0 Å². The lowest BCUT2D eigenvalue weighted by Gasteiger charge is -2.71. The Bertz CT molecular complexity index is 868. The van der Waals surface area contributed by atoms with E-state index < -0.39 is 5.60 Å². The zero-order valence-corrected chi connectivity index (χ0v) is 16.2. The second-order valence-corrected chi connectivity index (χ2v) is 9.07. The van der Waals surface area contributed by atoms with E-state index in [1.807, 2.05) is 6.07 Å². The van der Waals surface area contributed by atoms with Gasteiger partial charge in [0.2, 0.25) is 0 Å². The molecule has 7 rings (SSSR count). The molecule has 2 aliphatic heterocycles. The normalized spacial score (nSPS) is 45.6. The standard InChI is InChI=1S/C22H27NO4/c1-23-9-8-21-17-13-4-5-15(25-2)18(17)27-19(21)22(26-3)7-6-20(21,16(23)10-13)11-14(22)12-24/h4-7,14,16,19,24H,8-12H2,1-3H3/t14-,16?,19-,20-,21+,22-/m1/s1. The van der Waals surface area contributed by atoms with E-state index in [1.165, 1.54) is 11.1 Å². The molecule has 0 aromatic heterocycles. The summed E-state index contributed by atoms with van der Waals surface area (Å²) in [5.74, 6) is 1.77. The van der Waals surface area contributed by atoms with Crippen LogP contribution < -0.4 is 9.47 Å². The van der Waals surface area contributed by atoms with Crippen LogP contribution in [-0.4, -0.2) is 62.2 Å². The molecular weight excluding hydrogens is 342 g/mol. The van der Waals surface area contributed by atoms with E-state index in [4.69, 9.17) is 14.2 Å². The van der Waals surface area contributed by atoms with Gasteiger partial charge in [-0.2, -0.15) is 0 Å². The highest BCUT2D eigenvalue weighted by Gasteiger charge is 2.78. The third-order valence-corrected chi connectivity index (χ3v) is 8.63. The molecule has 6 aliphatic rings. The predicted molar refractivity (Wildman–Crippen MR) is 100 cm³/mol. The van der Waals surface area contributed by atoms with Crippen LogP contribution in [0.15, 0.2) is 24.3 Å². The first-order valence-corrected chi connectivity index (χ1v) is 10.0. The third kappa shape index (κ3) is 1.47. The summed E-state index contributed by atoms with van der Waals surface area (Å²) in [6.07, 6.45) is 7.54. The minimum Gasteiger partial charge on any atom is -0.493 e. The molecular formula is C22H27NO4. The molecule has 5 nitrogen and oxygen atoms in total. The van der Waals surface area contributed by atoms with Crippen molar-refractivity contribution >= 4 is 0 Å². The van der Waals surface area contributed by atoms with Crippen molar-refractivity contribution in [1.82, 2.24) is 4.90 Å². The van der Waals surface area contributed by atoms with Crippen molar-refractivity contribution in [2.75, 3.05) is 34.4 Å². The highest BCUT2D eigenvalue weighted by Crippen LogP contribution is 2.74. The summed E-state index contributed by atoms with van der Waals surface area (Å²) in [5, 5.41) is 10.3. The second-order valence-electron chi connectivity index (χ2n) is 9.07. The maximum Gasteiger partial charge on any atom is 0.166 e. The van der Waals surface area contributed by atoms with E-state index in [9.17, 15) is 5.11 Å². The molecule has 6 atom stereocenters. The molecule has 144 valence electrons. The lowest BCUT2D eigenvalue weighted by Crippen LogP contribution is -2.79. The van der Waals surface area contributed by atoms with Crippen LogP contribution in [0, 0.1) is 11.3 Å². The van der Waals surface area contributed by atoms with Crippen LogP contribution >= 0.6 is 0 Å². The number of hydrogen-bond donors (Lipinski definition) is 1. The summed E-state index contributed by atoms with van der Waals surface area (Å²) in [6, 6.07) is 4.71. The fourth-order valence-corrected chi connectivity index (χ4v) is 7.56. The van der Waals surface area contributed by atoms with Crippen molar-refractivity contribution in [3.8, 4) is 11.5 Å². The van der Waals surface area contributed by atoms with Gasteiger partial charge in [-0.15, -0.1) is 0 Å². The highest BCUT2D eigenvalue weighted by molar-refractivity contribution is 5.65. The molecule has 0 radical (unpaired) electrons. The Morgan fingerprint density at radius 1 is 1.30 bits per heavy atom. The van der Waals surface area contributed by atoms with Crippen molar-refractivity contribution < 1.29 is 19.3 Å².